The Morgan fingerprint density at radius 3 is 2.77 bits per heavy atom. The Morgan fingerprint density at radius 2 is 2.14 bits per heavy atom. The molecule has 2 aliphatic heterocycles. The number of benzene rings is 1. The zero-order valence-electron chi connectivity index (χ0n) is 11.5. The van der Waals surface area contributed by atoms with Gasteiger partial charge in [-0.15, -0.1) is 0 Å². The van der Waals surface area contributed by atoms with Crippen LogP contribution in [-0.4, -0.2) is 35.4 Å². The number of carbonyl (C=O) groups is 3. The minimum atomic E-state index is -1.08. The number of amides is 1. The van der Waals surface area contributed by atoms with Gasteiger partial charge in [0.1, 0.15) is 5.78 Å². The highest BCUT2D eigenvalue weighted by Crippen LogP contribution is 2.32. The lowest BCUT2D eigenvalue weighted by molar-refractivity contribution is -0.132. The summed E-state index contributed by atoms with van der Waals surface area (Å²) < 4.78 is 0. The highest BCUT2D eigenvalue weighted by Gasteiger charge is 2.34. The number of nitrogens with zero attached hydrogens (tertiary/aromatic N) is 1. The van der Waals surface area contributed by atoms with Gasteiger partial charge in [0.15, 0.2) is 0 Å². The molecule has 0 aliphatic carbocycles. The van der Waals surface area contributed by atoms with Crippen molar-refractivity contribution < 1.29 is 19.5 Å². The predicted octanol–water partition coefficient (Wildman–Crippen LogP) is 1.13. The monoisotopic (exact) mass is 320 g/mol. The van der Waals surface area contributed by atoms with E-state index in [4.69, 9.17) is 11.6 Å². The first kappa shape index (κ1) is 14.7. The Kier molecular flexibility index (Phi) is 3.72. The molecule has 2 N–H and O–H groups in total. The predicted molar refractivity (Wildman–Crippen MR) is 79.8 cm³/mol. The van der Waals surface area contributed by atoms with Gasteiger partial charge in [-0.05, 0) is 17.7 Å². The largest absolute Gasteiger partial charge is 0.478 e. The third-order valence-electron chi connectivity index (χ3n) is 3.76. The van der Waals surface area contributed by atoms with Gasteiger partial charge in [-0.2, -0.15) is 0 Å². The Bertz CT molecular complexity index is 713. The van der Waals surface area contributed by atoms with E-state index in [1.165, 1.54) is 11.1 Å². The zero-order valence-corrected chi connectivity index (χ0v) is 12.3. The van der Waals surface area contributed by atoms with Crippen molar-refractivity contribution in [3.8, 4) is 0 Å². The van der Waals surface area contributed by atoms with Crippen LogP contribution in [0.4, 0.5) is 5.69 Å². The van der Waals surface area contributed by atoms with Crippen LogP contribution in [0.2, 0.25) is 5.02 Å². The standard InChI is InChI=1S/C15H13ClN2O4/c16-10-2-1-8-3-9(15(21)22)7-18(13(8)4-10)14(20)12-5-11(19)6-17-12/h1-2,4,7,12,17H,3,5-6H2,(H,21,22). The normalized spacial score (nSPS) is 20.6. The van der Waals surface area contributed by atoms with Crippen molar-refractivity contribution in [2.24, 2.45) is 0 Å². The molecule has 0 aromatic heterocycles. The Hall–Kier alpha value is -2.18. The maximum atomic E-state index is 12.6. The van der Waals surface area contributed by atoms with Crippen molar-refractivity contribution in [1.82, 2.24) is 5.32 Å². The zero-order chi connectivity index (χ0) is 15.9. The lowest BCUT2D eigenvalue weighted by atomic mass is 9.98. The fourth-order valence-electron chi connectivity index (χ4n) is 2.65. The van der Waals surface area contributed by atoms with Gasteiger partial charge < -0.3 is 5.11 Å². The van der Waals surface area contributed by atoms with E-state index in [1.807, 2.05) is 0 Å². The number of carboxylic acids is 1. The molecule has 0 radical (unpaired) electrons. The lowest BCUT2D eigenvalue weighted by Crippen LogP contribution is -2.43. The molecular weight excluding hydrogens is 308 g/mol. The Balaban J connectivity index is 2.00. The van der Waals surface area contributed by atoms with Gasteiger partial charge in [0, 0.05) is 24.1 Å². The first-order chi connectivity index (χ1) is 10.5. The van der Waals surface area contributed by atoms with E-state index in [0.717, 1.165) is 0 Å². The van der Waals surface area contributed by atoms with E-state index in [9.17, 15) is 19.5 Å². The highest BCUT2D eigenvalue weighted by molar-refractivity contribution is 6.31. The van der Waals surface area contributed by atoms with Crippen LogP contribution in [0.1, 0.15) is 12.0 Å². The van der Waals surface area contributed by atoms with Gasteiger partial charge in [0.2, 0.25) is 5.91 Å². The number of anilines is 1. The van der Waals surface area contributed by atoms with Crippen LogP contribution >= 0.6 is 11.6 Å². The first-order valence-electron chi connectivity index (χ1n) is 6.76. The molecule has 22 heavy (non-hydrogen) atoms. The van der Waals surface area contributed by atoms with Crippen LogP contribution < -0.4 is 10.2 Å². The summed E-state index contributed by atoms with van der Waals surface area (Å²) in [5.74, 6) is -1.47. The number of Topliss-reactive ketones (excluding diaryl/α,β-unsaturated/α-hetero) is 1. The number of hydrogen-bond donors (Lipinski definition) is 2. The second-order valence-electron chi connectivity index (χ2n) is 5.29. The fraction of sp³-hybridized carbons (Fsp3) is 0.267. The van der Waals surface area contributed by atoms with Gasteiger partial charge in [-0.1, -0.05) is 17.7 Å². The van der Waals surface area contributed by atoms with Crippen molar-refractivity contribution in [3.05, 3.63) is 40.6 Å². The number of carboxylic acid groups (broad SMARTS) is 1. The van der Waals surface area contributed by atoms with Gasteiger partial charge in [-0.25, -0.2) is 4.79 Å². The van der Waals surface area contributed by atoms with Crippen LogP contribution in [0.15, 0.2) is 30.0 Å². The molecule has 1 amide bonds. The molecule has 2 aliphatic rings. The summed E-state index contributed by atoms with van der Waals surface area (Å²) >= 11 is 5.98. The summed E-state index contributed by atoms with van der Waals surface area (Å²) in [5.41, 5.74) is 1.39. The van der Waals surface area contributed by atoms with Crippen LogP contribution in [0.5, 0.6) is 0 Å². The molecule has 1 aromatic rings. The number of ketones is 1. The number of hydrogen-bond acceptors (Lipinski definition) is 4. The molecule has 114 valence electrons. The molecule has 1 fully saturated rings. The molecule has 7 heteroatoms. The maximum Gasteiger partial charge on any atom is 0.333 e. The van der Waals surface area contributed by atoms with Crippen LogP contribution in [0, 0.1) is 0 Å². The van der Waals surface area contributed by atoms with Crippen LogP contribution in [0.3, 0.4) is 0 Å². The number of fused-ring (bicyclic) bond motifs is 1. The molecule has 1 atom stereocenters. The van der Waals surface area contributed by atoms with E-state index in [2.05, 4.69) is 5.32 Å². The summed E-state index contributed by atoms with van der Waals surface area (Å²) in [6.07, 6.45) is 1.65. The maximum absolute atomic E-state index is 12.6. The minimum absolute atomic E-state index is 0.0379. The van der Waals surface area contributed by atoms with Crippen molar-refractivity contribution >= 4 is 34.9 Å². The number of halogens is 1. The summed E-state index contributed by atoms with van der Waals surface area (Å²) in [6, 6.07) is 4.36. The van der Waals surface area contributed by atoms with E-state index in [-0.39, 0.29) is 36.6 Å². The second-order valence-corrected chi connectivity index (χ2v) is 5.73. The van der Waals surface area contributed by atoms with Crippen LogP contribution in [-0.2, 0) is 20.8 Å². The quantitative estimate of drug-likeness (QED) is 0.853. The minimum Gasteiger partial charge on any atom is -0.478 e. The van der Waals surface area contributed by atoms with Crippen molar-refractivity contribution in [2.45, 2.75) is 18.9 Å². The Labute approximate surface area is 131 Å². The molecule has 0 spiro atoms. The lowest BCUT2D eigenvalue weighted by Gasteiger charge is -2.28. The topological polar surface area (TPSA) is 86.7 Å². The third kappa shape index (κ3) is 2.63. The molecule has 6 nitrogen and oxygen atoms in total. The molecule has 3 rings (SSSR count). The Morgan fingerprint density at radius 1 is 1.36 bits per heavy atom. The second kappa shape index (κ2) is 5.55. The number of aliphatic carboxylic acids is 1. The van der Waals surface area contributed by atoms with E-state index in [1.54, 1.807) is 18.2 Å². The van der Waals surface area contributed by atoms with Gasteiger partial charge >= 0.3 is 5.97 Å². The van der Waals surface area contributed by atoms with Gasteiger partial charge in [0.25, 0.3) is 0 Å². The summed E-state index contributed by atoms with van der Waals surface area (Å²) in [5, 5.41) is 12.5. The third-order valence-corrected chi connectivity index (χ3v) is 4.00. The smallest absolute Gasteiger partial charge is 0.333 e. The summed E-state index contributed by atoms with van der Waals surface area (Å²) in [4.78, 5) is 36.5. The number of carbonyl (C=O) groups excluding carboxylic acids is 2. The molecule has 1 saturated heterocycles. The average Bonchev–Trinajstić information content (AvgIpc) is 2.92. The SMILES string of the molecule is O=C1CNC(C(=O)N2C=C(C(=O)O)Cc3ccc(Cl)cc32)C1. The first-order valence-corrected chi connectivity index (χ1v) is 7.14. The molecular formula is C15H13ClN2O4. The van der Waals surface area contributed by atoms with E-state index >= 15 is 0 Å². The van der Waals surface area contributed by atoms with Crippen LogP contribution in [0.25, 0.3) is 0 Å². The highest BCUT2D eigenvalue weighted by atomic mass is 35.5. The average molecular weight is 321 g/mol. The molecule has 0 saturated carbocycles. The van der Waals surface area contributed by atoms with E-state index < -0.39 is 12.0 Å². The van der Waals surface area contributed by atoms with Gasteiger partial charge in [-0.3, -0.25) is 19.8 Å². The number of nitrogens with one attached hydrogen (secondary N) is 1. The molecule has 0 bridgehead atoms. The van der Waals surface area contributed by atoms with Crippen molar-refractivity contribution in [1.29, 1.82) is 0 Å². The summed E-state index contributed by atoms with van der Waals surface area (Å²) in [7, 11) is 0. The van der Waals surface area contributed by atoms with Gasteiger partial charge in [0.05, 0.1) is 23.8 Å². The molecule has 1 unspecified atom stereocenters. The summed E-state index contributed by atoms with van der Waals surface area (Å²) in [6.45, 7) is 0.155. The van der Waals surface area contributed by atoms with E-state index in [0.29, 0.717) is 16.3 Å². The fourth-order valence-corrected chi connectivity index (χ4v) is 2.82. The van der Waals surface area contributed by atoms with Crippen molar-refractivity contribution in [3.63, 3.8) is 0 Å². The number of rotatable bonds is 2. The van der Waals surface area contributed by atoms with Crippen molar-refractivity contribution in [2.75, 3.05) is 11.4 Å². The molecule has 1 aromatic carbocycles. The molecule has 2 heterocycles.